The van der Waals surface area contributed by atoms with Crippen LogP contribution in [0, 0.1) is 17.7 Å². The summed E-state index contributed by atoms with van der Waals surface area (Å²) in [4.78, 5) is 2.23. The third-order valence-electron chi connectivity index (χ3n) is 4.53. The fourth-order valence-electron chi connectivity index (χ4n) is 2.90. The normalized spacial score (nSPS) is 27.1. The van der Waals surface area contributed by atoms with Gasteiger partial charge >= 0.3 is 0 Å². The van der Waals surface area contributed by atoms with Gasteiger partial charge in [-0.25, -0.2) is 4.39 Å². The van der Waals surface area contributed by atoms with Gasteiger partial charge in [0.25, 0.3) is 0 Å². The first-order valence-electron chi connectivity index (χ1n) is 6.68. The summed E-state index contributed by atoms with van der Waals surface area (Å²) in [5.41, 5.74) is 7.09. The maximum atomic E-state index is 12.9. The molecule has 0 aliphatic heterocycles. The average molecular weight is 250 g/mol. The zero-order chi connectivity index (χ0) is 13.3. The molecule has 1 fully saturated rings. The van der Waals surface area contributed by atoms with E-state index in [0.717, 1.165) is 24.4 Å². The Morgan fingerprint density at radius 3 is 2.33 bits per heavy atom. The van der Waals surface area contributed by atoms with Crippen LogP contribution < -0.4 is 10.6 Å². The van der Waals surface area contributed by atoms with Crippen molar-refractivity contribution in [1.82, 2.24) is 0 Å². The molecule has 2 N–H and O–H groups in total. The number of benzene rings is 1. The van der Waals surface area contributed by atoms with Crippen molar-refractivity contribution in [3.8, 4) is 0 Å². The van der Waals surface area contributed by atoms with E-state index < -0.39 is 0 Å². The molecule has 0 saturated heterocycles. The molecule has 100 valence electrons. The first-order chi connectivity index (χ1) is 8.48. The van der Waals surface area contributed by atoms with E-state index in [0.29, 0.717) is 12.5 Å². The highest BCUT2D eigenvalue weighted by molar-refractivity contribution is 5.49. The van der Waals surface area contributed by atoms with Crippen molar-refractivity contribution in [3.05, 3.63) is 30.1 Å². The Bertz CT molecular complexity index is 393. The summed E-state index contributed by atoms with van der Waals surface area (Å²) in [5, 5.41) is 0. The van der Waals surface area contributed by atoms with Crippen LogP contribution in [0.5, 0.6) is 0 Å². The summed E-state index contributed by atoms with van der Waals surface area (Å²) in [6.45, 7) is 5.19. The van der Waals surface area contributed by atoms with Gasteiger partial charge in [-0.05, 0) is 48.9 Å². The van der Waals surface area contributed by atoms with Crippen molar-refractivity contribution in [2.45, 2.75) is 32.2 Å². The van der Waals surface area contributed by atoms with Crippen molar-refractivity contribution >= 4 is 5.69 Å². The zero-order valence-electron chi connectivity index (χ0n) is 11.5. The molecular weight excluding hydrogens is 227 g/mol. The maximum absolute atomic E-state index is 12.9. The van der Waals surface area contributed by atoms with Crippen LogP contribution in [0.25, 0.3) is 0 Å². The van der Waals surface area contributed by atoms with Crippen LogP contribution in [0.1, 0.15) is 26.7 Å². The van der Waals surface area contributed by atoms with Crippen LogP contribution in [0.3, 0.4) is 0 Å². The molecule has 0 aromatic heterocycles. The minimum Gasteiger partial charge on any atom is -0.368 e. The van der Waals surface area contributed by atoms with Gasteiger partial charge in [-0.2, -0.15) is 0 Å². The second kappa shape index (κ2) is 4.88. The number of hydrogen-bond donors (Lipinski definition) is 1. The van der Waals surface area contributed by atoms with E-state index in [1.165, 1.54) is 12.1 Å². The lowest BCUT2D eigenvalue weighted by Crippen LogP contribution is -2.61. The predicted octanol–water partition coefficient (Wildman–Crippen LogP) is 3.03. The smallest absolute Gasteiger partial charge is 0.123 e. The van der Waals surface area contributed by atoms with Crippen LogP contribution in [0.2, 0.25) is 0 Å². The Hall–Kier alpha value is -1.09. The van der Waals surface area contributed by atoms with Crippen LogP contribution in [-0.4, -0.2) is 19.1 Å². The molecule has 0 radical (unpaired) electrons. The van der Waals surface area contributed by atoms with Crippen molar-refractivity contribution in [2.24, 2.45) is 17.6 Å². The number of halogens is 1. The molecule has 0 bridgehead atoms. The van der Waals surface area contributed by atoms with E-state index in [1.807, 2.05) is 12.1 Å². The second-order valence-corrected chi connectivity index (χ2v) is 5.88. The Morgan fingerprint density at radius 2 is 1.89 bits per heavy atom. The molecule has 0 spiro atoms. The predicted molar refractivity (Wildman–Crippen MR) is 74.2 cm³/mol. The van der Waals surface area contributed by atoms with E-state index in [9.17, 15) is 4.39 Å². The molecule has 1 saturated carbocycles. The first kappa shape index (κ1) is 13.3. The van der Waals surface area contributed by atoms with Crippen LogP contribution in [-0.2, 0) is 0 Å². The van der Waals surface area contributed by atoms with Gasteiger partial charge in [0.2, 0.25) is 0 Å². The second-order valence-electron chi connectivity index (χ2n) is 5.88. The van der Waals surface area contributed by atoms with Crippen LogP contribution in [0.4, 0.5) is 10.1 Å². The lowest BCUT2D eigenvalue weighted by Gasteiger charge is -2.55. The molecule has 0 atom stereocenters. The van der Waals surface area contributed by atoms with Gasteiger partial charge in [0.05, 0.1) is 5.54 Å². The molecule has 2 rings (SSSR count). The van der Waals surface area contributed by atoms with E-state index in [4.69, 9.17) is 5.73 Å². The highest BCUT2D eigenvalue weighted by Gasteiger charge is 2.47. The number of rotatable bonds is 4. The summed E-state index contributed by atoms with van der Waals surface area (Å²) < 4.78 is 12.9. The zero-order valence-corrected chi connectivity index (χ0v) is 11.5. The molecule has 1 aromatic rings. The van der Waals surface area contributed by atoms with Gasteiger partial charge in [0.15, 0.2) is 0 Å². The maximum Gasteiger partial charge on any atom is 0.123 e. The molecule has 0 unspecified atom stereocenters. The average Bonchev–Trinajstić information content (AvgIpc) is 2.28. The Labute approximate surface area is 109 Å². The molecule has 0 amide bonds. The SMILES string of the molecule is CC(C)C1CC(CN)(N(C)c2ccc(F)cc2)C1. The van der Waals surface area contributed by atoms with Crippen molar-refractivity contribution in [1.29, 1.82) is 0 Å². The Kier molecular flexibility index (Phi) is 3.62. The molecular formula is C15H23FN2. The minimum absolute atomic E-state index is 0.0623. The molecule has 1 aromatic carbocycles. The molecule has 3 heteroatoms. The summed E-state index contributed by atoms with van der Waals surface area (Å²) in [5.74, 6) is 1.28. The standard InChI is InChI=1S/C15H23FN2/c1-11(2)12-8-15(9-12,10-17)18(3)14-6-4-13(16)5-7-14/h4-7,11-12H,8-10,17H2,1-3H3. The summed E-state index contributed by atoms with van der Waals surface area (Å²) >= 11 is 0. The summed E-state index contributed by atoms with van der Waals surface area (Å²) in [6.07, 6.45) is 2.27. The summed E-state index contributed by atoms with van der Waals surface area (Å²) in [7, 11) is 2.07. The van der Waals surface area contributed by atoms with E-state index in [-0.39, 0.29) is 11.4 Å². The van der Waals surface area contributed by atoms with Crippen LogP contribution in [0.15, 0.2) is 24.3 Å². The molecule has 18 heavy (non-hydrogen) atoms. The largest absolute Gasteiger partial charge is 0.368 e. The first-order valence-corrected chi connectivity index (χ1v) is 6.68. The summed E-state index contributed by atoms with van der Waals surface area (Å²) in [6, 6.07) is 6.67. The molecule has 1 aliphatic carbocycles. The van der Waals surface area contributed by atoms with Crippen molar-refractivity contribution in [3.63, 3.8) is 0 Å². The monoisotopic (exact) mass is 250 g/mol. The fraction of sp³-hybridized carbons (Fsp3) is 0.600. The van der Waals surface area contributed by atoms with Gasteiger partial charge in [-0.15, -0.1) is 0 Å². The number of anilines is 1. The lowest BCUT2D eigenvalue weighted by atomic mass is 9.63. The molecule has 2 nitrogen and oxygen atoms in total. The highest BCUT2D eigenvalue weighted by atomic mass is 19.1. The van der Waals surface area contributed by atoms with Crippen LogP contribution >= 0.6 is 0 Å². The quantitative estimate of drug-likeness (QED) is 0.890. The van der Waals surface area contributed by atoms with E-state index in [2.05, 4.69) is 25.8 Å². The van der Waals surface area contributed by atoms with Gasteiger partial charge < -0.3 is 10.6 Å². The van der Waals surface area contributed by atoms with Crippen molar-refractivity contribution in [2.75, 3.05) is 18.5 Å². The highest BCUT2D eigenvalue weighted by Crippen LogP contribution is 2.46. The molecule has 1 aliphatic rings. The minimum atomic E-state index is -0.192. The number of nitrogens with zero attached hydrogens (tertiary/aromatic N) is 1. The molecule has 0 heterocycles. The third-order valence-corrected chi connectivity index (χ3v) is 4.53. The third kappa shape index (κ3) is 2.24. The van der Waals surface area contributed by atoms with Gasteiger partial charge in [-0.3, -0.25) is 0 Å². The van der Waals surface area contributed by atoms with E-state index >= 15 is 0 Å². The van der Waals surface area contributed by atoms with Gasteiger partial charge in [0, 0.05) is 19.3 Å². The number of hydrogen-bond acceptors (Lipinski definition) is 2. The lowest BCUT2D eigenvalue weighted by molar-refractivity contribution is 0.107. The number of nitrogens with two attached hydrogens (primary N) is 1. The van der Waals surface area contributed by atoms with Gasteiger partial charge in [0.1, 0.15) is 5.82 Å². The van der Waals surface area contributed by atoms with E-state index in [1.54, 1.807) is 0 Å². The number of likely N-dealkylation sites (N-methyl/N-ethyl adjacent to an activating group) is 1. The van der Waals surface area contributed by atoms with Gasteiger partial charge in [-0.1, -0.05) is 13.8 Å². The topological polar surface area (TPSA) is 29.3 Å². The Morgan fingerprint density at radius 1 is 1.33 bits per heavy atom. The van der Waals surface area contributed by atoms with Crippen molar-refractivity contribution < 1.29 is 4.39 Å². The fourth-order valence-corrected chi connectivity index (χ4v) is 2.90. The Balaban J connectivity index is 2.12.